The van der Waals surface area contributed by atoms with E-state index in [4.69, 9.17) is 14.6 Å². The summed E-state index contributed by atoms with van der Waals surface area (Å²) in [4.78, 5) is 2.42. The molecule has 0 radical (unpaired) electrons. The monoisotopic (exact) mass is 335 g/mol. The van der Waals surface area contributed by atoms with E-state index in [0.29, 0.717) is 11.5 Å². The molecule has 134 valence electrons. The van der Waals surface area contributed by atoms with Gasteiger partial charge in [-0.25, -0.2) is 0 Å². The Kier molecular flexibility index (Phi) is 7.56. The lowest BCUT2D eigenvalue weighted by molar-refractivity contribution is 0.0520. The molecule has 0 aliphatic carbocycles. The van der Waals surface area contributed by atoms with Crippen LogP contribution in [0.5, 0.6) is 11.5 Å². The average Bonchev–Trinajstić information content (AvgIpc) is 2.61. The van der Waals surface area contributed by atoms with Gasteiger partial charge < -0.3 is 19.7 Å². The molecule has 2 N–H and O–H groups in total. The maximum atomic E-state index is 9.59. The predicted octanol–water partition coefficient (Wildman–Crippen LogP) is 2.14. The van der Waals surface area contributed by atoms with Crippen LogP contribution in [0.2, 0.25) is 0 Å². The molecular formula is C19H29NO4. The third-order valence-corrected chi connectivity index (χ3v) is 4.26. The quantitative estimate of drug-likeness (QED) is 0.677. The number of allylic oxidation sites excluding steroid dienone is 1. The molecule has 5 heteroatoms. The van der Waals surface area contributed by atoms with Crippen molar-refractivity contribution < 1.29 is 19.7 Å². The van der Waals surface area contributed by atoms with Gasteiger partial charge in [0.15, 0.2) is 11.5 Å². The van der Waals surface area contributed by atoms with Crippen molar-refractivity contribution in [2.45, 2.75) is 38.3 Å². The number of methoxy groups -OCH3 is 1. The molecule has 0 saturated carbocycles. The Balaban J connectivity index is 2.26. The molecule has 0 spiro atoms. The maximum absolute atomic E-state index is 9.59. The van der Waals surface area contributed by atoms with Crippen LogP contribution in [0.4, 0.5) is 0 Å². The number of nitrogens with zero attached hydrogens (tertiary/aromatic N) is 1. The first-order valence-electron chi connectivity index (χ1n) is 8.62. The molecule has 1 aliphatic heterocycles. The van der Waals surface area contributed by atoms with Gasteiger partial charge >= 0.3 is 0 Å². The van der Waals surface area contributed by atoms with E-state index in [-0.39, 0.29) is 13.2 Å². The van der Waals surface area contributed by atoms with Crippen LogP contribution in [0.3, 0.4) is 0 Å². The fraction of sp³-hybridized carbons (Fsp3) is 0.579. The predicted molar refractivity (Wildman–Crippen MR) is 94.6 cm³/mol. The molecule has 1 unspecified atom stereocenters. The van der Waals surface area contributed by atoms with Gasteiger partial charge in [0.25, 0.3) is 0 Å². The molecule has 1 heterocycles. The molecule has 1 aromatic carbocycles. The van der Waals surface area contributed by atoms with Crippen LogP contribution < -0.4 is 9.47 Å². The fourth-order valence-corrected chi connectivity index (χ4v) is 3.03. The molecule has 0 aromatic heterocycles. The second kappa shape index (κ2) is 9.67. The lowest BCUT2D eigenvalue weighted by atomic mass is 10.0. The summed E-state index contributed by atoms with van der Waals surface area (Å²) in [5, 5.41) is 18.6. The van der Waals surface area contributed by atoms with E-state index in [0.717, 1.165) is 37.2 Å². The molecule has 2 rings (SSSR count). The van der Waals surface area contributed by atoms with Gasteiger partial charge in [-0.2, -0.15) is 0 Å². The molecule has 0 amide bonds. The fourth-order valence-electron chi connectivity index (χ4n) is 3.03. The van der Waals surface area contributed by atoms with Crippen LogP contribution in [0.15, 0.2) is 24.8 Å². The van der Waals surface area contributed by atoms with E-state index < -0.39 is 6.10 Å². The minimum atomic E-state index is -0.898. The highest BCUT2D eigenvalue weighted by Crippen LogP contribution is 2.34. The largest absolute Gasteiger partial charge is 0.493 e. The number of hydrogen-bond donors (Lipinski definition) is 2. The van der Waals surface area contributed by atoms with Gasteiger partial charge in [0.2, 0.25) is 0 Å². The zero-order valence-electron chi connectivity index (χ0n) is 14.5. The lowest BCUT2D eigenvalue weighted by Crippen LogP contribution is -2.29. The van der Waals surface area contributed by atoms with E-state index in [1.54, 1.807) is 7.11 Å². The van der Waals surface area contributed by atoms with Crippen molar-refractivity contribution in [1.82, 2.24) is 4.90 Å². The second-order valence-corrected chi connectivity index (χ2v) is 6.26. The first-order valence-corrected chi connectivity index (χ1v) is 8.62. The Labute approximate surface area is 144 Å². The first kappa shape index (κ1) is 18.8. The zero-order valence-corrected chi connectivity index (χ0v) is 14.5. The first-order chi connectivity index (χ1) is 11.7. The van der Waals surface area contributed by atoms with Crippen molar-refractivity contribution in [3.05, 3.63) is 35.9 Å². The molecule has 1 aliphatic rings. The van der Waals surface area contributed by atoms with E-state index in [2.05, 4.69) is 17.5 Å². The maximum Gasteiger partial charge on any atom is 0.165 e. The molecular weight excluding hydrogens is 306 g/mol. The molecule has 1 atom stereocenters. The standard InChI is InChI=1S/C19H29NO4/c1-3-7-15-10-16(12-20-8-5-4-6-9-20)19(18(11-15)23-2)24-14-17(22)13-21/h3,10-11,17,21-22H,1,4-9,12-14H2,2H3. The third-order valence-electron chi connectivity index (χ3n) is 4.26. The van der Waals surface area contributed by atoms with Crippen molar-refractivity contribution >= 4 is 0 Å². The Hall–Kier alpha value is -1.56. The Morgan fingerprint density at radius 3 is 2.67 bits per heavy atom. The van der Waals surface area contributed by atoms with Gasteiger partial charge in [0.05, 0.1) is 13.7 Å². The summed E-state index contributed by atoms with van der Waals surface area (Å²) in [7, 11) is 1.62. The number of benzene rings is 1. The average molecular weight is 335 g/mol. The van der Waals surface area contributed by atoms with Crippen LogP contribution in [-0.4, -0.2) is 54.6 Å². The summed E-state index contributed by atoms with van der Waals surface area (Å²) >= 11 is 0. The van der Waals surface area contributed by atoms with E-state index in [1.165, 1.54) is 19.3 Å². The number of rotatable bonds is 9. The second-order valence-electron chi connectivity index (χ2n) is 6.26. The summed E-state index contributed by atoms with van der Waals surface area (Å²) in [5.74, 6) is 1.31. The number of likely N-dealkylation sites (tertiary alicyclic amines) is 1. The smallest absolute Gasteiger partial charge is 0.165 e. The van der Waals surface area contributed by atoms with Gasteiger partial charge in [0.1, 0.15) is 12.7 Å². The van der Waals surface area contributed by atoms with Gasteiger partial charge in [-0.3, -0.25) is 4.90 Å². The Bertz CT molecular complexity index is 526. The molecule has 1 aromatic rings. The summed E-state index contributed by atoms with van der Waals surface area (Å²) in [6, 6.07) is 4.07. The lowest BCUT2D eigenvalue weighted by Gasteiger charge is -2.28. The van der Waals surface area contributed by atoms with Crippen LogP contribution in [0.1, 0.15) is 30.4 Å². The molecule has 1 fully saturated rings. The van der Waals surface area contributed by atoms with Crippen molar-refractivity contribution in [3.63, 3.8) is 0 Å². The van der Waals surface area contributed by atoms with Gasteiger partial charge in [-0.1, -0.05) is 18.6 Å². The minimum absolute atomic E-state index is 0.0423. The highest BCUT2D eigenvalue weighted by molar-refractivity contribution is 5.50. The number of hydrogen-bond acceptors (Lipinski definition) is 5. The number of piperidine rings is 1. The van der Waals surface area contributed by atoms with Crippen LogP contribution >= 0.6 is 0 Å². The highest BCUT2D eigenvalue weighted by Gasteiger charge is 2.18. The van der Waals surface area contributed by atoms with Crippen LogP contribution in [-0.2, 0) is 13.0 Å². The summed E-state index contributed by atoms with van der Waals surface area (Å²) in [5.41, 5.74) is 2.18. The molecule has 0 bridgehead atoms. The normalized spacial score (nSPS) is 16.6. The zero-order chi connectivity index (χ0) is 17.4. The Morgan fingerprint density at radius 2 is 2.04 bits per heavy atom. The van der Waals surface area contributed by atoms with E-state index in [1.807, 2.05) is 12.1 Å². The number of aliphatic hydroxyl groups is 2. The van der Waals surface area contributed by atoms with E-state index >= 15 is 0 Å². The molecule has 1 saturated heterocycles. The highest BCUT2D eigenvalue weighted by atomic mass is 16.5. The van der Waals surface area contributed by atoms with Crippen LogP contribution in [0, 0.1) is 0 Å². The van der Waals surface area contributed by atoms with Gasteiger partial charge in [0, 0.05) is 12.1 Å². The van der Waals surface area contributed by atoms with Crippen molar-refractivity contribution in [3.8, 4) is 11.5 Å². The van der Waals surface area contributed by atoms with Crippen molar-refractivity contribution in [2.75, 3.05) is 33.4 Å². The number of aliphatic hydroxyl groups excluding tert-OH is 2. The topological polar surface area (TPSA) is 62.2 Å². The summed E-state index contributed by atoms with van der Waals surface area (Å²) in [6.07, 6.45) is 5.48. The number of ether oxygens (including phenoxy) is 2. The van der Waals surface area contributed by atoms with Crippen LogP contribution in [0.25, 0.3) is 0 Å². The van der Waals surface area contributed by atoms with Gasteiger partial charge in [-0.15, -0.1) is 6.58 Å². The minimum Gasteiger partial charge on any atom is -0.493 e. The van der Waals surface area contributed by atoms with Crippen molar-refractivity contribution in [2.24, 2.45) is 0 Å². The Morgan fingerprint density at radius 1 is 1.29 bits per heavy atom. The van der Waals surface area contributed by atoms with Crippen molar-refractivity contribution in [1.29, 1.82) is 0 Å². The molecule has 5 nitrogen and oxygen atoms in total. The van der Waals surface area contributed by atoms with Gasteiger partial charge in [-0.05, 0) is 44.0 Å². The summed E-state index contributed by atoms with van der Waals surface area (Å²) in [6.45, 7) is 6.51. The third kappa shape index (κ3) is 5.23. The SMILES string of the molecule is C=CCc1cc(CN2CCCCC2)c(OCC(O)CO)c(OC)c1. The van der Waals surface area contributed by atoms with E-state index in [9.17, 15) is 5.11 Å². The molecule has 24 heavy (non-hydrogen) atoms. The summed E-state index contributed by atoms with van der Waals surface area (Å²) < 4.78 is 11.3.